The number of thioether (sulfide) groups is 1. The van der Waals surface area contributed by atoms with Crippen LogP contribution in [0.2, 0.25) is 5.02 Å². The molecule has 0 spiro atoms. The number of benzene rings is 1. The molecule has 1 aromatic carbocycles. The van der Waals surface area contributed by atoms with E-state index in [-0.39, 0.29) is 17.2 Å². The van der Waals surface area contributed by atoms with E-state index in [0.717, 1.165) is 11.8 Å². The second-order valence-electron chi connectivity index (χ2n) is 5.32. The maximum absolute atomic E-state index is 12.3. The molecule has 0 atom stereocenters. The average molecular weight is 419 g/mol. The van der Waals surface area contributed by atoms with Crippen molar-refractivity contribution < 1.29 is 4.79 Å². The fourth-order valence-electron chi connectivity index (χ4n) is 2.34. The van der Waals surface area contributed by atoms with Crippen LogP contribution in [0.1, 0.15) is 0 Å². The van der Waals surface area contributed by atoms with Crippen molar-refractivity contribution in [2.75, 3.05) is 11.1 Å². The summed E-state index contributed by atoms with van der Waals surface area (Å²) in [5, 5.41) is 10.4. The number of nitrogens with zero attached hydrogens (tertiary/aromatic N) is 4. The predicted molar refractivity (Wildman–Crippen MR) is 106 cm³/mol. The number of aromatic nitrogens is 5. The first kappa shape index (κ1) is 17.7. The molecule has 0 saturated carbocycles. The molecule has 0 unspecified atom stereocenters. The van der Waals surface area contributed by atoms with E-state index in [2.05, 4.69) is 25.4 Å². The molecular formula is C16H11ClN6O2S2. The summed E-state index contributed by atoms with van der Waals surface area (Å²) in [6.45, 7) is 0. The maximum Gasteiger partial charge on any atom is 0.262 e. The molecule has 0 aliphatic carbocycles. The minimum Gasteiger partial charge on any atom is -0.301 e. The minimum atomic E-state index is -0.323. The van der Waals surface area contributed by atoms with Crippen LogP contribution >= 0.6 is 34.7 Å². The van der Waals surface area contributed by atoms with Gasteiger partial charge in [0.15, 0.2) is 15.9 Å². The molecule has 0 radical (unpaired) electrons. The topological polar surface area (TPSA) is 106 Å². The van der Waals surface area contributed by atoms with E-state index in [1.807, 2.05) is 6.07 Å². The third-order valence-electron chi connectivity index (χ3n) is 3.49. The molecule has 2 N–H and O–H groups in total. The number of hydrogen-bond donors (Lipinski definition) is 2. The van der Waals surface area contributed by atoms with Crippen LogP contribution in [-0.2, 0) is 4.79 Å². The van der Waals surface area contributed by atoms with Gasteiger partial charge >= 0.3 is 0 Å². The lowest BCUT2D eigenvalue weighted by molar-refractivity contribution is -0.113. The summed E-state index contributed by atoms with van der Waals surface area (Å²) in [6.07, 6.45) is 3.06. The Balaban J connectivity index is 1.60. The molecule has 0 bridgehead atoms. The summed E-state index contributed by atoms with van der Waals surface area (Å²) >= 11 is 8.49. The summed E-state index contributed by atoms with van der Waals surface area (Å²) in [5.74, 6) is -0.152. The zero-order valence-corrected chi connectivity index (χ0v) is 15.9. The van der Waals surface area contributed by atoms with Crippen LogP contribution in [-0.4, -0.2) is 36.4 Å². The maximum atomic E-state index is 12.3. The van der Waals surface area contributed by atoms with E-state index < -0.39 is 0 Å². The van der Waals surface area contributed by atoms with Gasteiger partial charge in [-0.3, -0.25) is 9.59 Å². The van der Waals surface area contributed by atoms with Crippen LogP contribution in [0.3, 0.4) is 0 Å². The largest absolute Gasteiger partial charge is 0.301 e. The molecule has 11 heteroatoms. The molecule has 1 amide bonds. The summed E-state index contributed by atoms with van der Waals surface area (Å²) in [4.78, 5) is 35.4. The fourth-order valence-corrected chi connectivity index (χ4v) is 3.72. The molecule has 4 aromatic rings. The highest BCUT2D eigenvalue weighted by Crippen LogP contribution is 2.20. The summed E-state index contributed by atoms with van der Waals surface area (Å²) in [6, 6.07) is 7.08. The Morgan fingerprint density at radius 3 is 3.07 bits per heavy atom. The van der Waals surface area contributed by atoms with Crippen molar-refractivity contribution in [1.82, 2.24) is 24.7 Å². The minimum absolute atomic E-state index is 0.0827. The molecule has 136 valence electrons. The van der Waals surface area contributed by atoms with Gasteiger partial charge in [-0.05, 0) is 18.2 Å². The summed E-state index contributed by atoms with van der Waals surface area (Å²) < 4.78 is 1.54. The van der Waals surface area contributed by atoms with Gasteiger partial charge in [0.25, 0.3) is 5.56 Å². The number of anilines is 1. The molecule has 3 aromatic heterocycles. The second kappa shape index (κ2) is 7.51. The second-order valence-corrected chi connectivity index (χ2v) is 7.61. The highest BCUT2D eigenvalue weighted by atomic mass is 35.5. The average Bonchev–Trinajstić information content (AvgIpc) is 3.30. The number of thiazole rings is 1. The van der Waals surface area contributed by atoms with Gasteiger partial charge in [0, 0.05) is 16.6 Å². The van der Waals surface area contributed by atoms with Gasteiger partial charge in [-0.1, -0.05) is 29.4 Å². The highest BCUT2D eigenvalue weighted by molar-refractivity contribution is 7.99. The number of aromatic amines is 1. The number of fused-ring (bicyclic) bond motifs is 1. The quantitative estimate of drug-likeness (QED) is 0.381. The first-order valence-corrected chi connectivity index (χ1v) is 9.90. The number of rotatable bonds is 5. The predicted octanol–water partition coefficient (Wildman–Crippen LogP) is 2.95. The van der Waals surface area contributed by atoms with Crippen molar-refractivity contribution in [3.63, 3.8) is 0 Å². The lowest BCUT2D eigenvalue weighted by Crippen LogP contribution is -2.15. The van der Waals surface area contributed by atoms with Crippen LogP contribution in [0, 0.1) is 0 Å². The molecule has 0 saturated heterocycles. The summed E-state index contributed by atoms with van der Waals surface area (Å²) in [5.41, 5.74) is 0.757. The summed E-state index contributed by atoms with van der Waals surface area (Å²) in [7, 11) is 0. The number of hydrogen-bond acceptors (Lipinski definition) is 7. The molecule has 8 nitrogen and oxygen atoms in total. The van der Waals surface area contributed by atoms with Crippen molar-refractivity contribution in [3.05, 3.63) is 57.4 Å². The molecule has 4 rings (SSSR count). The Hall–Kier alpha value is -2.69. The van der Waals surface area contributed by atoms with E-state index >= 15 is 0 Å². The van der Waals surface area contributed by atoms with Gasteiger partial charge in [-0.15, -0.1) is 11.3 Å². The lowest BCUT2D eigenvalue weighted by Gasteiger charge is -2.05. The molecule has 0 fully saturated rings. The van der Waals surface area contributed by atoms with Crippen molar-refractivity contribution >= 4 is 56.8 Å². The first-order chi connectivity index (χ1) is 13.1. The number of carbonyl (C=O) groups excluding carboxylic acids is 1. The van der Waals surface area contributed by atoms with E-state index in [4.69, 9.17) is 11.6 Å². The molecular weight excluding hydrogens is 408 g/mol. The van der Waals surface area contributed by atoms with Crippen molar-refractivity contribution in [2.45, 2.75) is 5.16 Å². The first-order valence-electron chi connectivity index (χ1n) is 7.66. The van der Waals surface area contributed by atoms with Gasteiger partial charge in [0.05, 0.1) is 17.6 Å². The third-order valence-corrected chi connectivity index (χ3v) is 5.28. The number of amides is 1. The number of carbonyl (C=O) groups is 1. The number of halogens is 1. The number of nitrogens with one attached hydrogen (secondary N) is 2. The standard InChI is InChI=1S/C16H11ClN6O2S2/c17-9-2-1-3-10(6-9)23-13-11(7-19-23)14(25)22-16(21-13)27-8-12(24)20-15-18-4-5-26-15/h1-7H,8H2,(H,18,20,24)(H,21,22,25). The van der Waals surface area contributed by atoms with Crippen LogP contribution in [0.5, 0.6) is 0 Å². The van der Waals surface area contributed by atoms with Gasteiger partial charge in [0.2, 0.25) is 5.91 Å². The molecule has 0 aliphatic rings. The highest BCUT2D eigenvalue weighted by Gasteiger charge is 2.13. The SMILES string of the molecule is O=C(CSc1nc2c(cnn2-c2cccc(Cl)c2)c(=O)[nH]1)Nc1nccs1. The van der Waals surface area contributed by atoms with E-state index in [0.29, 0.717) is 32.0 Å². The van der Waals surface area contributed by atoms with Gasteiger partial charge in [0.1, 0.15) is 5.39 Å². The zero-order valence-electron chi connectivity index (χ0n) is 13.5. The molecule has 0 aliphatic heterocycles. The Morgan fingerprint density at radius 2 is 2.30 bits per heavy atom. The molecule has 27 heavy (non-hydrogen) atoms. The fraction of sp³-hybridized carbons (Fsp3) is 0.0625. The normalized spacial score (nSPS) is 11.0. The monoisotopic (exact) mass is 418 g/mol. The van der Waals surface area contributed by atoms with Crippen molar-refractivity contribution in [3.8, 4) is 5.69 Å². The van der Waals surface area contributed by atoms with Crippen molar-refractivity contribution in [2.24, 2.45) is 0 Å². The van der Waals surface area contributed by atoms with E-state index in [9.17, 15) is 9.59 Å². The van der Waals surface area contributed by atoms with E-state index in [1.165, 1.54) is 22.2 Å². The van der Waals surface area contributed by atoms with Gasteiger partial charge in [-0.25, -0.2) is 14.6 Å². The van der Waals surface area contributed by atoms with Gasteiger partial charge < -0.3 is 10.3 Å². The molecule has 3 heterocycles. The van der Waals surface area contributed by atoms with Gasteiger partial charge in [-0.2, -0.15) is 5.10 Å². The van der Waals surface area contributed by atoms with Crippen LogP contribution in [0.15, 0.2) is 52.0 Å². The van der Waals surface area contributed by atoms with Crippen LogP contribution in [0.25, 0.3) is 16.7 Å². The van der Waals surface area contributed by atoms with Crippen molar-refractivity contribution in [1.29, 1.82) is 0 Å². The van der Waals surface area contributed by atoms with E-state index in [1.54, 1.807) is 29.8 Å². The Labute approximate surface area is 165 Å². The number of H-pyrrole nitrogens is 1. The van der Waals surface area contributed by atoms with Crippen LogP contribution in [0.4, 0.5) is 5.13 Å². The zero-order chi connectivity index (χ0) is 18.8. The smallest absolute Gasteiger partial charge is 0.262 e. The lowest BCUT2D eigenvalue weighted by atomic mass is 10.3. The Kier molecular flexibility index (Phi) is 4.92. The Bertz CT molecular complexity index is 1170. The third kappa shape index (κ3) is 3.87. The Morgan fingerprint density at radius 1 is 1.41 bits per heavy atom. The van der Waals surface area contributed by atoms with Crippen LogP contribution < -0.4 is 10.9 Å².